The minimum Gasteiger partial charge on any atom is -0.493 e. The second kappa shape index (κ2) is 8.49. The van der Waals surface area contributed by atoms with Gasteiger partial charge in [0.05, 0.1) is 14.2 Å². The van der Waals surface area contributed by atoms with E-state index in [-0.39, 0.29) is 11.9 Å². The monoisotopic (exact) mass is 406 g/mol. The number of carbonyl (C=O) groups excluding carboxylic acids is 1. The van der Waals surface area contributed by atoms with Crippen molar-refractivity contribution in [2.75, 3.05) is 25.3 Å². The molecule has 30 heavy (non-hydrogen) atoms. The molecule has 1 heterocycles. The number of hydrogen-bond acceptors (Lipinski definition) is 6. The van der Waals surface area contributed by atoms with Crippen molar-refractivity contribution in [3.8, 4) is 11.5 Å². The molecule has 156 valence electrons. The molecule has 1 aromatic heterocycles. The predicted molar refractivity (Wildman–Crippen MR) is 117 cm³/mol. The molecule has 0 spiro atoms. The van der Waals surface area contributed by atoms with Crippen LogP contribution in [0.1, 0.15) is 36.2 Å². The van der Waals surface area contributed by atoms with E-state index < -0.39 is 0 Å². The number of nitrogens with zero attached hydrogens (tertiary/aromatic N) is 1. The molecule has 0 saturated heterocycles. The van der Waals surface area contributed by atoms with E-state index in [1.165, 1.54) is 11.1 Å². The molecule has 0 radical (unpaired) electrons. The average molecular weight is 406 g/mol. The maximum absolute atomic E-state index is 12.8. The van der Waals surface area contributed by atoms with Gasteiger partial charge in [0.2, 0.25) is 0 Å². The molecule has 1 aromatic carbocycles. The van der Waals surface area contributed by atoms with Gasteiger partial charge in [-0.15, -0.1) is 0 Å². The zero-order chi connectivity index (χ0) is 21.1. The maximum atomic E-state index is 12.8. The fourth-order valence-electron chi connectivity index (χ4n) is 4.00. The fourth-order valence-corrected chi connectivity index (χ4v) is 4.00. The number of carbonyl (C=O) groups is 1. The number of nitrogen functional groups attached to an aromatic ring is 1. The first-order chi connectivity index (χ1) is 14.6. The van der Waals surface area contributed by atoms with Crippen molar-refractivity contribution in [3.05, 3.63) is 59.3 Å². The number of nitrogens with two attached hydrogens (primary N) is 1. The highest BCUT2D eigenvalue weighted by Gasteiger charge is 2.26. The summed E-state index contributed by atoms with van der Waals surface area (Å²) in [6.45, 7) is 0. The maximum Gasteiger partial charge on any atom is 0.270 e. The van der Waals surface area contributed by atoms with Gasteiger partial charge in [0.25, 0.3) is 5.91 Å². The van der Waals surface area contributed by atoms with Gasteiger partial charge < -0.3 is 25.8 Å². The lowest BCUT2D eigenvalue weighted by molar-refractivity contribution is 0.0933. The molecule has 0 fully saturated rings. The lowest BCUT2D eigenvalue weighted by Crippen LogP contribution is -2.34. The molecule has 0 saturated carbocycles. The van der Waals surface area contributed by atoms with Crippen LogP contribution in [0, 0.1) is 0 Å². The number of benzene rings is 1. The van der Waals surface area contributed by atoms with Crippen LogP contribution in [0.2, 0.25) is 0 Å². The molecule has 2 aliphatic carbocycles. The van der Waals surface area contributed by atoms with Gasteiger partial charge in [-0.05, 0) is 49.5 Å². The molecule has 0 aliphatic heterocycles. The summed E-state index contributed by atoms with van der Waals surface area (Å²) in [4.78, 5) is 17.3. The Hall–Kier alpha value is -3.48. The smallest absolute Gasteiger partial charge is 0.270 e. The van der Waals surface area contributed by atoms with Gasteiger partial charge in [0.1, 0.15) is 11.5 Å². The second-order valence-corrected chi connectivity index (χ2v) is 7.51. The van der Waals surface area contributed by atoms with Crippen LogP contribution in [-0.2, 0) is 0 Å². The summed E-state index contributed by atoms with van der Waals surface area (Å²) in [5.41, 5.74) is 10.4. The number of amides is 1. The van der Waals surface area contributed by atoms with E-state index in [2.05, 4.69) is 27.8 Å². The van der Waals surface area contributed by atoms with E-state index >= 15 is 0 Å². The summed E-state index contributed by atoms with van der Waals surface area (Å²) in [6, 6.07) is 8.83. The third kappa shape index (κ3) is 4.25. The lowest BCUT2D eigenvalue weighted by atomic mass is 10.0. The minimum absolute atomic E-state index is 0.107. The fraction of sp³-hybridized carbons (Fsp3) is 0.304. The second-order valence-electron chi connectivity index (χ2n) is 7.51. The Morgan fingerprint density at radius 2 is 1.97 bits per heavy atom. The van der Waals surface area contributed by atoms with E-state index in [1.807, 2.05) is 6.07 Å². The summed E-state index contributed by atoms with van der Waals surface area (Å²) in [5, 5.41) is 6.28. The number of nitrogens with one attached hydrogen (secondary N) is 2. The van der Waals surface area contributed by atoms with Crippen molar-refractivity contribution in [3.63, 3.8) is 0 Å². The molecule has 0 bridgehead atoms. The van der Waals surface area contributed by atoms with Gasteiger partial charge in [0, 0.05) is 29.5 Å². The third-order valence-corrected chi connectivity index (χ3v) is 5.42. The average Bonchev–Trinajstić information content (AvgIpc) is 3.15. The van der Waals surface area contributed by atoms with E-state index in [0.29, 0.717) is 28.7 Å². The topological polar surface area (TPSA) is 98.5 Å². The van der Waals surface area contributed by atoms with Crippen molar-refractivity contribution in [1.82, 2.24) is 10.3 Å². The normalized spacial score (nSPS) is 17.5. The Morgan fingerprint density at radius 1 is 1.13 bits per heavy atom. The summed E-state index contributed by atoms with van der Waals surface area (Å²) >= 11 is 0. The summed E-state index contributed by atoms with van der Waals surface area (Å²) in [6.07, 6.45) is 8.35. The van der Waals surface area contributed by atoms with Crippen LogP contribution in [-0.4, -0.2) is 31.2 Å². The first-order valence-electron chi connectivity index (χ1n) is 10.0. The molecule has 7 nitrogen and oxygen atoms in total. The largest absolute Gasteiger partial charge is 0.493 e. The SMILES string of the molecule is COc1ccc(Nc2cc(N)cc(C(=O)NC3CC4=C(CCC=C4)C3)n2)cc1OC. The van der Waals surface area contributed by atoms with Crippen molar-refractivity contribution < 1.29 is 14.3 Å². The van der Waals surface area contributed by atoms with Crippen LogP contribution < -0.4 is 25.8 Å². The van der Waals surface area contributed by atoms with Gasteiger partial charge >= 0.3 is 0 Å². The quantitative estimate of drug-likeness (QED) is 0.672. The van der Waals surface area contributed by atoms with E-state index in [9.17, 15) is 4.79 Å². The van der Waals surface area contributed by atoms with Crippen LogP contribution in [0.5, 0.6) is 11.5 Å². The third-order valence-electron chi connectivity index (χ3n) is 5.42. The first kappa shape index (κ1) is 19.8. The molecule has 4 rings (SSSR count). The Balaban J connectivity index is 1.47. The van der Waals surface area contributed by atoms with Gasteiger partial charge in [0.15, 0.2) is 11.5 Å². The summed E-state index contributed by atoms with van der Waals surface area (Å²) in [7, 11) is 3.16. The highest BCUT2D eigenvalue weighted by molar-refractivity contribution is 5.94. The lowest BCUT2D eigenvalue weighted by Gasteiger charge is -2.14. The number of hydrogen-bond donors (Lipinski definition) is 3. The number of rotatable bonds is 6. The van der Waals surface area contributed by atoms with Gasteiger partial charge in [-0.2, -0.15) is 0 Å². The molecule has 4 N–H and O–H groups in total. The molecular formula is C23H26N4O3. The number of allylic oxidation sites excluding steroid dienone is 2. The molecule has 1 unspecified atom stereocenters. The molecule has 7 heteroatoms. The van der Waals surface area contributed by atoms with E-state index in [4.69, 9.17) is 15.2 Å². The summed E-state index contributed by atoms with van der Waals surface area (Å²) < 4.78 is 10.6. The molecular weight excluding hydrogens is 380 g/mol. The number of aromatic nitrogens is 1. The molecule has 2 aliphatic rings. The number of pyridine rings is 1. The van der Waals surface area contributed by atoms with Gasteiger partial charge in [-0.3, -0.25) is 4.79 Å². The molecule has 2 aromatic rings. The van der Waals surface area contributed by atoms with Crippen LogP contribution in [0.3, 0.4) is 0 Å². The Bertz CT molecular complexity index is 1030. The molecule has 1 amide bonds. The van der Waals surface area contributed by atoms with E-state index in [1.54, 1.807) is 38.5 Å². The first-order valence-corrected chi connectivity index (χ1v) is 10.0. The van der Waals surface area contributed by atoms with E-state index in [0.717, 1.165) is 31.4 Å². The standard InChI is InChI=1S/C23H26N4O3/c1-29-20-8-7-17(13-21(20)30-2)25-22-12-16(24)11-19(27-22)23(28)26-18-9-14-5-3-4-6-15(14)10-18/h3,5,7-8,11-13,18H,4,6,9-10H2,1-2H3,(H,26,28)(H3,24,25,27). The van der Waals surface area contributed by atoms with Gasteiger partial charge in [-0.1, -0.05) is 17.7 Å². The van der Waals surface area contributed by atoms with Crippen molar-refractivity contribution >= 4 is 23.1 Å². The zero-order valence-corrected chi connectivity index (χ0v) is 17.2. The number of anilines is 3. The highest BCUT2D eigenvalue weighted by atomic mass is 16.5. The van der Waals surface area contributed by atoms with Crippen molar-refractivity contribution in [2.45, 2.75) is 31.7 Å². The number of ether oxygens (including phenoxy) is 2. The van der Waals surface area contributed by atoms with Crippen LogP contribution in [0.25, 0.3) is 0 Å². The highest BCUT2D eigenvalue weighted by Crippen LogP contribution is 2.34. The molecule has 1 atom stereocenters. The van der Waals surface area contributed by atoms with Crippen LogP contribution in [0.4, 0.5) is 17.2 Å². The van der Waals surface area contributed by atoms with Crippen LogP contribution in [0.15, 0.2) is 53.6 Å². The van der Waals surface area contributed by atoms with Gasteiger partial charge in [-0.25, -0.2) is 4.98 Å². The number of methoxy groups -OCH3 is 2. The minimum atomic E-state index is -0.216. The Morgan fingerprint density at radius 3 is 2.73 bits per heavy atom. The zero-order valence-electron chi connectivity index (χ0n) is 17.2. The van der Waals surface area contributed by atoms with Crippen molar-refractivity contribution in [2.24, 2.45) is 0 Å². The Labute approximate surface area is 176 Å². The Kier molecular flexibility index (Phi) is 5.61. The summed E-state index contributed by atoms with van der Waals surface area (Å²) in [5.74, 6) is 1.49. The van der Waals surface area contributed by atoms with Crippen molar-refractivity contribution in [1.29, 1.82) is 0 Å². The van der Waals surface area contributed by atoms with Crippen LogP contribution >= 0.6 is 0 Å². The predicted octanol–water partition coefficient (Wildman–Crippen LogP) is 3.96.